The van der Waals surface area contributed by atoms with Crippen LogP contribution in [0.5, 0.6) is 5.75 Å². The second kappa shape index (κ2) is 7.03. The van der Waals surface area contributed by atoms with E-state index in [2.05, 4.69) is 21.5 Å². The maximum atomic E-state index is 14.2. The third kappa shape index (κ3) is 3.64. The van der Waals surface area contributed by atoms with Crippen LogP contribution in [0.2, 0.25) is 0 Å². The van der Waals surface area contributed by atoms with Crippen molar-refractivity contribution >= 4 is 16.5 Å². The summed E-state index contributed by atoms with van der Waals surface area (Å²) in [6.07, 6.45) is -2.60. The molecule has 1 aromatic heterocycles. The quantitative estimate of drug-likeness (QED) is 0.780. The molecule has 0 bridgehead atoms. The summed E-state index contributed by atoms with van der Waals surface area (Å²) in [4.78, 5) is 7.12. The van der Waals surface area contributed by atoms with Crippen LogP contribution in [0.1, 0.15) is 30.2 Å². The highest BCUT2D eigenvalue weighted by Crippen LogP contribution is 2.42. The number of aromatic nitrogens is 1. The molecule has 4 nitrogen and oxygen atoms in total. The summed E-state index contributed by atoms with van der Waals surface area (Å²) >= 11 is 1.22. The first kappa shape index (κ1) is 18.9. The lowest BCUT2D eigenvalue weighted by molar-refractivity contribution is -0.139. The van der Waals surface area contributed by atoms with E-state index in [1.807, 2.05) is 0 Å². The topological polar surface area (TPSA) is 51.4 Å². The van der Waals surface area contributed by atoms with E-state index >= 15 is 0 Å². The largest absolute Gasteiger partial charge is 0.493 e. The number of benzene rings is 1. The van der Waals surface area contributed by atoms with Crippen molar-refractivity contribution in [3.63, 3.8) is 0 Å². The van der Waals surface area contributed by atoms with Gasteiger partial charge in [-0.25, -0.2) is 9.37 Å². The first-order valence-electron chi connectivity index (χ1n) is 8.15. The highest BCUT2D eigenvalue weighted by molar-refractivity contribution is 7.15. The summed E-state index contributed by atoms with van der Waals surface area (Å²) in [6.45, 7) is 3.54. The second-order valence-electron chi connectivity index (χ2n) is 6.32. The molecule has 26 heavy (non-hydrogen) atoms. The molecule has 1 aromatic carbocycles. The number of halogens is 4. The van der Waals surface area contributed by atoms with Gasteiger partial charge in [0.25, 0.3) is 0 Å². The van der Waals surface area contributed by atoms with Crippen molar-refractivity contribution in [2.45, 2.75) is 38.5 Å². The van der Waals surface area contributed by atoms with Gasteiger partial charge in [-0.15, -0.1) is 11.3 Å². The van der Waals surface area contributed by atoms with Gasteiger partial charge in [0.2, 0.25) is 0 Å². The molecule has 9 heteroatoms. The molecule has 0 spiro atoms. The fraction of sp³-hybridized carbons (Fsp3) is 0.471. The summed E-state index contributed by atoms with van der Waals surface area (Å²) < 4.78 is 58.7. The van der Waals surface area contributed by atoms with Crippen molar-refractivity contribution in [1.29, 1.82) is 0 Å². The van der Waals surface area contributed by atoms with E-state index in [0.29, 0.717) is 18.3 Å². The van der Waals surface area contributed by atoms with Crippen LogP contribution in [0, 0.1) is 5.82 Å². The number of anilines is 1. The lowest BCUT2D eigenvalue weighted by Crippen LogP contribution is -2.25. The molecule has 2 heterocycles. The molecule has 3 rings (SSSR count). The van der Waals surface area contributed by atoms with E-state index in [0.717, 1.165) is 43.5 Å². The van der Waals surface area contributed by atoms with Crippen LogP contribution in [-0.4, -0.2) is 29.6 Å². The standard InChI is InChI=1S/C17H19F4N3OS/c1-9-4-3-5-24(9)8-13-14(23-16(22)26-13)10-6-11(17(19,20)21)15(25-2)12(18)7-10/h6-7,9H,3-5,8H2,1-2H3,(H2,22,23). The number of likely N-dealkylation sites (tertiary alicyclic amines) is 1. The third-order valence-electron chi connectivity index (χ3n) is 4.58. The number of hydrogen-bond acceptors (Lipinski definition) is 5. The molecule has 1 saturated heterocycles. The normalized spacial score (nSPS) is 18.5. The predicted octanol–water partition coefficient (Wildman–Crippen LogP) is 4.54. The molecule has 2 N–H and O–H groups in total. The number of ether oxygens (including phenoxy) is 1. The minimum atomic E-state index is -4.74. The third-order valence-corrected chi connectivity index (χ3v) is 5.45. The molecular weight excluding hydrogens is 370 g/mol. The van der Waals surface area contributed by atoms with Crippen molar-refractivity contribution in [3.8, 4) is 17.0 Å². The fourth-order valence-corrected chi connectivity index (χ4v) is 4.14. The molecule has 0 amide bonds. The number of thiazole rings is 1. The van der Waals surface area contributed by atoms with Gasteiger partial charge in [-0.05, 0) is 38.4 Å². The Balaban J connectivity index is 2.05. The first-order chi connectivity index (χ1) is 12.2. The Kier molecular flexibility index (Phi) is 5.12. The van der Waals surface area contributed by atoms with Crippen molar-refractivity contribution in [2.24, 2.45) is 0 Å². The number of nitrogens with two attached hydrogens (primary N) is 1. The Morgan fingerprint density at radius 1 is 1.38 bits per heavy atom. The van der Waals surface area contributed by atoms with Crippen molar-refractivity contribution in [3.05, 3.63) is 28.4 Å². The van der Waals surface area contributed by atoms with E-state index in [1.54, 1.807) is 0 Å². The summed E-state index contributed by atoms with van der Waals surface area (Å²) in [5.41, 5.74) is 4.96. The number of nitrogen functional groups attached to an aromatic ring is 1. The summed E-state index contributed by atoms with van der Waals surface area (Å²) in [5.74, 6) is -1.90. The Bertz CT molecular complexity index is 806. The molecular formula is C17H19F4N3OS. The molecule has 0 saturated carbocycles. The molecule has 142 valence electrons. The van der Waals surface area contributed by atoms with Crippen LogP contribution in [0.4, 0.5) is 22.7 Å². The van der Waals surface area contributed by atoms with E-state index in [1.165, 1.54) is 11.3 Å². The smallest absolute Gasteiger partial charge is 0.420 e. The van der Waals surface area contributed by atoms with Gasteiger partial charge in [0, 0.05) is 23.0 Å². The monoisotopic (exact) mass is 389 g/mol. The maximum Gasteiger partial charge on any atom is 0.420 e. The minimum absolute atomic E-state index is 0.0467. The average Bonchev–Trinajstić information content (AvgIpc) is 3.12. The molecule has 1 aliphatic heterocycles. The van der Waals surface area contributed by atoms with Crippen LogP contribution in [0.25, 0.3) is 11.3 Å². The van der Waals surface area contributed by atoms with Crippen molar-refractivity contribution in [1.82, 2.24) is 9.88 Å². The van der Waals surface area contributed by atoms with Gasteiger partial charge in [-0.2, -0.15) is 13.2 Å². The molecule has 1 aliphatic rings. The highest BCUT2D eigenvalue weighted by atomic mass is 32.1. The van der Waals surface area contributed by atoms with E-state index < -0.39 is 23.3 Å². The number of nitrogens with zero attached hydrogens (tertiary/aromatic N) is 2. The van der Waals surface area contributed by atoms with Gasteiger partial charge in [0.15, 0.2) is 16.7 Å². The van der Waals surface area contributed by atoms with Crippen LogP contribution in [0.3, 0.4) is 0 Å². The first-order valence-corrected chi connectivity index (χ1v) is 8.96. The lowest BCUT2D eigenvalue weighted by Gasteiger charge is -2.20. The number of hydrogen-bond donors (Lipinski definition) is 1. The van der Waals surface area contributed by atoms with Crippen LogP contribution < -0.4 is 10.5 Å². The van der Waals surface area contributed by atoms with Gasteiger partial charge in [-0.1, -0.05) is 0 Å². The number of alkyl halides is 3. The van der Waals surface area contributed by atoms with Crippen LogP contribution in [0.15, 0.2) is 12.1 Å². The van der Waals surface area contributed by atoms with Gasteiger partial charge >= 0.3 is 6.18 Å². The van der Waals surface area contributed by atoms with Crippen molar-refractivity contribution < 1.29 is 22.3 Å². The summed E-state index contributed by atoms with van der Waals surface area (Å²) in [6, 6.07) is 2.26. The van der Waals surface area contributed by atoms with Crippen molar-refractivity contribution in [2.75, 3.05) is 19.4 Å². The van der Waals surface area contributed by atoms with E-state index in [-0.39, 0.29) is 10.7 Å². The Morgan fingerprint density at radius 2 is 2.12 bits per heavy atom. The molecule has 1 unspecified atom stereocenters. The van der Waals surface area contributed by atoms with Crippen LogP contribution in [-0.2, 0) is 12.7 Å². The van der Waals surface area contributed by atoms with Gasteiger partial charge in [-0.3, -0.25) is 4.90 Å². The number of rotatable bonds is 4. The molecule has 0 radical (unpaired) electrons. The molecule has 2 aromatic rings. The van der Waals surface area contributed by atoms with Crippen LogP contribution >= 0.6 is 11.3 Å². The maximum absolute atomic E-state index is 14.2. The zero-order valence-electron chi connectivity index (χ0n) is 14.4. The Labute approximate surface area is 152 Å². The minimum Gasteiger partial charge on any atom is -0.493 e. The molecule has 1 fully saturated rings. The average molecular weight is 389 g/mol. The Hall–Kier alpha value is -1.87. The second-order valence-corrected chi connectivity index (χ2v) is 7.44. The predicted molar refractivity (Wildman–Crippen MR) is 92.6 cm³/mol. The zero-order valence-corrected chi connectivity index (χ0v) is 15.2. The Morgan fingerprint density at radius 3 is 2.69 bits per heavy atom. The summed E-state index contributed by atoms with van der Waals surface area (Å²) in [7, 11) is 1.01. The lowest BCUT2D eigenvalue weighted by atomic mass is 10.0. The number of methoxy groups -OCH3 is 1. The fourth-order valence-electron chi connectivity index (χ4n) is 3.26. The molecule has 1 atom stereocenters. The van der Waals surface area contributed by atoms with Gasteiger partial charge in [0.1, 0.15) is 5.56 Å². The highest BCUT2D eigenvalue weighted by Gasteiger charge is 2.37. The van der Waals surface area contributed by atoms with E-state index in [9.17, 15) is 17.6 Å². The SMILES string of the molecule is COc1c(F)cc(-c2nc(N)sc2CN2CCCC2C)cc1C(F)(F)F. The molecule has 0 aliphatic carbocycles. The van der Waals surface area contributed by atoms with Gasteiger partial charge < -0.3 is 10.5 Å². The zero-order chi connectivity index (χ0) is 19.1. The van der Waals surface area contributed by atoms with E-state index in [4.69, 9.17) is 5.73 Å². The summed E-state index contributed by atoms with van der Waals surface area (Å²) in [5, 5.41) is 0.242. The van der Waals surface area contributed by atoms with Gasteiger partial charge in [0.05, 0.1) is 12.8 Å².